The summed E-state index contributed by atoms with van der Waals surface area (Å²) in [6.07, 6.45) is 2.82. The number of rotatable bonds is 2. The number of nitriles is 1. The first-order chi connectivity index (χ1) is 15.2. The van der Waals surface area contributed by atoms with Crippen LogP contribution in [0.15, 0.2) is 34.9 Å². The van der Waals surface area contributed by atoms with Gasteiger partial charge in [0.2, 0.25) is 0 Å². The molecule has 9 heteroatoms. The maximum Gasteiger partial charge on any atom is 0.410 e. The smallest absolute Gasteiger partial charge is 0.410 e. The molecule has 1 saturated heterocycles. The average Bonchev–Trinajstić information content (AvgIpc) is 3.11. The quantitative estimate of drug-likeness (QED) is 0.477. The lowest BCUT2D eigenvalue weighted by molar-refractivity contribution is 0.0205. The van der Waals surface area contributed by atoms with Gasteiger partial charge in [0.1, 0.15) is 34.2 Å². The number of fused-ring (bicyclic) bond motifs is 1. The summed E-state index contributed by atoms with van der Waals surface area (Å²) in [6, 6.07) is 8.63. The lowest BCUT2D eigenvalue weighted by Crippen LogP contribution is -2.41. The predicted molar refractivity (Wildman–Crippen MR) is 121 cm³/mol. The third kappa shape index (κ3) is 4.32. The van der Waals surface area contributed by atoms with Crippen LogP contribution in [0.1, 0.15) is 50.8 Å². The summed E-state index contributed by atoms with van der Waals surface area (Å²) in [6.45, 7) is 6.68. The van der Waals surface area contributed by atoms with Crippen LogP contribution in [0.5, 0.6) is 0 Å². The molecule has 0 radical (unpaired) electrons. The Morgan fingerprint density at radius 2 is 1.97 bits per heavy atom. The number of ether oxygens (including phenoxy) is 1. The van der Waals surface area contributed by atoms with Crippen molar-refractivity contribution in [2.24, 2.45) is 0 Å². The summed E-state index contributed by atoms with van der Waals surface area (Å²) in [5.74, 6) is -0.347. The standard InChI is InChI=1S/C23H23BrFN5O2/c1-23(2,3)32-22(31)29-10-7-14(8-11-29)16-6-9-27-21-19(13-26)30(28-20(16)21)18-5-4-15(24)12-17(18)25/h4-6,9,12,14H,7-8,10-11H2,1-3H3. The molecular weight excluding hydrogens is 477 g/mol. The third-order valence-corrected chi connectivity index (χ3v) is 5.92. The van der Waals surface area contributed by atoms with Gasteiger partial charge in [0.15, 0.2) is 5.69 Å². The van der Waals surface area contributed by atoms with Crippen LogP contribution in [0.4, 0.5) is 9.18 Å². The Morgan fingerprint density at radius 1 is 1.25 bits per heavy atom. The number of aromatic nitrogens is 3. The second-order valence-electron chi connectivity index (χ2n) is 8.81. The molecule has 0 atom stereocenters. The number of hydrogen-bond donors (Lipinski definition) is 0. The van der Waals surface area contributed by atoms with Gasteiger partial charge < -0.3 is 9.64 Å². The highest BCUT2D eigenvalue weighted by atomic mass is 79.9. The van der Waals surface area contributed by atoms with Crippen LogP contribution >= 0.6 is 15.9 Å². The Labute approximate surface area is 193 Å². The molecule has 166 valence electrons. The first-order valence-electron chi connectivity index (χ1n) is 10.4. The molecule has 1 aromatic carbocycles. The zero-order chi connectivity index (χ0) is 23.0. The van der Waals surface area contributed by atoms with E-state index in [-0.39, 0.29) is 23.4 Å². The second kappa shape index (κ2) is 8.51. The van der Waals surface area contributed by atoms with Crippen molar-refractivity contribution in [3.8, 4) is 11.8 Å². The van der Waals surface area contributed by atoms with E-state index in [1.54, 1.807) is 23.2 Å². The number of benzene rings is 1. The van der Waals surface area contributed by atoms with Crippen LogP contribution < -0.4 is 0 Å². The van der Waals surface area contributed by atoms with E-state index in [1.165, 1.54) is 10.7 Å². The van der Waals surface area contributed by atoms with Gasteiger partial charge in [-0.15, -0.1) is 0 Å². The minimum Gasteiger partial charge on any atom is -0.444 e. The Balaban J connectivity index is 1.65. The van der Waals surface area contributed by atoms with Gasteiger partial charge in [-0.1, -0.05) is 15.9 Å². The summed E-state index contributed by atoms with van der Waals surface area (Å²) in [5.41, 5.74) is 1.83. The predicted octanol–water partition coefficient (Wildman–Crippen LogP) is 5.31. The van der Waals surface area contributed by atoms with E-state index < -0.39 is 11.4 Å². The summed E-state index contributed by atoms with van der Waals surface area (Å²) in [5, 5.41) is 14.4. The van der Waals surface area contributed by atoms with Crippen LogP contribution in [-0.4, -0.2) is 44.4 Å². The monoisotopic (exact) mass is 499 g/mol. The number of pyridine rings is 1. The molecule has 0 saturated carbocycles. The molecule has 1 aliphatic heterocycles. The molecule has 32 heavy (non-hydrogen) atoms. The van der Waals surface area contributed by atoms with Crippen molar-refractivity contribution < 1.29 is 13.9 Å². The van der Waals surface area contributed by atoms with Gasteiger partial charge in [0.05, 0.1) is 0 Å². The Kier molecular flexibility index (Phi) is 5.91. The van der Waals surface area contributed by atoms with Crippen molar-refractivity contribution in [1.29, 1.82) is 5.26 Å². The normalized spacial score (nSPS) is 15.1. The number of amides is 1. The molecule has 3 heterocycles. The fourth-order valence-corrected chi connectivity index (χ4v) is 4.29. The molecule has 2 aromatic heterocycles. The minimum absolute atomic E-state index is 0.142. The Hall–Kier alpha value is -2.99. The summed E-state index contributed by atoms with van der Waals surface area (Å²) in [7, 11) is 0. The molecule has 7 nitrogen and oxygen atoms in total. The van der Waals surface area contributed by atoms with Gasteiger partial charge in [-0.2, -0.15) is 10.4 Å². The van der Waals surface area contributed by atoms with Crippen LogP contribution in [0, 0.1) is 17.1 Å². The molecule has 0 unspecified atom stereocenters. The van der Waals surface area contributed by atoms with Gasteiger partial charge in [0.25, 0.3) is 0 Å². The van der Waals surface area contributed by atoms with Crippen molar-refractivity contribution >= 4 is 33.1 Å². The third-order valence-electron chi connectivity index (χ3n) is 5.42. The molecule has 0 bridgehead atoms. The molecule has 0 aliphatic carbocycles. The van der Waals surface area contributed by atoms with Crippen LogP contribution in [0.3, 0.4) is 0 Å². The maximum atomic E-state index is 14.6. The molecule has 3 aromatic rings. The molecule has 1 amide bonds. The van der Waals surface area contributed by atoms with Crippen LogP contribution in [0.2, 0.25) is 0 Å². The van der Waals surface area contributed by atoms with Crippen molar-refractivity contribution in [1.82, 2.24) is 19.7 Å². The largest absolute Gasteiger partial charge is 0.444 e. The topological polar surface area (TPSA) is 84.0 Å². The number of piperidine rings is 1. The number of nitrogens with zero attached hydrogens (tertiary/aromatic N) is 5. The van der Waals surface area contributed by atoms with E-state index in [0.717, 1.165) is 18.4 Å². The zero-order valence-corrected chi connectivity index (χ0v) is 19.7. The summed E-state index contributed by atoms with van der Waals surface area (Å²) < 4.78 is 22.0. The van der Waals surface area contributed by atoms with Crippen LogP contribution in [-0.2, 0) is 4.74 Å². The van der Waals surface area contributed by atoms with E-state index in [0.29, 0.717) is 28.6 Å². The van der Waals surface area contributed by atoms with Gasteiger partial charge >= 0.3 is 6.09 Å². The maximum absolute atomic E-state index is 14.6. The highest BCUT2D eigenvalue weighted by Gasteiger charge is 2.29. The lowest BCUT2D eigenvalue weighted by atomic mass is 9.89. The Bertz CT molecular complexity index is 1220. The van der Waals surface area contributed by atoms with Gasteiger partial charge in [-0.3, -0.25) is 4.98 Å². The molecule has 1 aliphatic rings. The average molecular weight is 500 g/mol. The van der Waals surface area contributed by atoms with Crippen molar-refractivity contribution in [2.75, 3.05) is 13.1 Å². The number of carbonyl (C=O) groups excluding carboxylic acids is 1. The van der Waals surface area contributed by atoms with Gasteiger partial charge in [0, 0.05) is 23.8 Å². The van der Waals surface area contributed by atoms with Crippen LogP contribution in [0.25, 0.3) is 16.7 Å². The fourth-order valence-electron chi connectivity index (χ4n) is 3.95. The fraction of sp³-hybridized carbons (Fsp3) is 0.391. The Morgan fingerprint density at radius 3 is 2.59 bits per heavy atom. The molecule has 1 fully saturated rings. The summed E-state index contributed by atoms with van der Waals surface area (Å²) in [4.78, 5) is 18.5. The lowest BCUT2D eigenvalue weighted by Gasteiger charge is -2.33. The van der Waals surface area contributed by atoms with Crippen molar-refractivity contribution in [2.45, 2.75) is 45.1 Å². The first kappa shape index (κ1) is 22.2. The van der Waals surface area contributed by atoms with E-state index in [9.17, 15) is 14.4 Å². The molecule has 0 N–H and O–H groups in total. The SMILES string of the molecule is CC(C)(C)OC(=O)N1CCC(c2ccnc3c(C#N)n(-c4ccc(Br)cc4F)nc23)CC1. The number of hydrogen-bond acceptors (Lipinski definition) is 5. The zero-order valence-electron chi connectivity index (χ0n) is 18.1. The van der Waals surface area contributed by atoms with E-state index in [1.807, 2.05) is 26.8 Å². The van der Waals surface area contributed by atoms with E-state index in [2.05, 4.69) is 32.1 Å². The number of halogens is 2. The highest BCUT2D eigenvalue weighted by molar-refractivity contribution is 9.10. The molecule has 4 rings (SSSR count). The summed E-state index contributed by atoms with van der Waals surface area (Å²) >= 11 is 3.25. The van der Waals surface area contributed by atoms with Gasteiger partial charge in [-0.05, 0) is 69.4 Å². The minimum atomic E-state index is -0.534. The van der Waals surface area contributed by atoms with Crippen molar-refractivity contribution in [3.05, 3.63) is 52.0 Å². The van der Waals surface area contributed by atoms with E-state index >= 15 is 0 Å². The number of likely N-dealkylation sites (tertiary alicyclic amines) is 1. The molecule has 0 spiro atoms. The molecular formula is C23H23BrFN5O2. The number of carbonyl (C=O) groups is 1. The van der Waals surface area contributed by atoms with E-state index in [4.69, 9.17) is 4.74 Å². The van der Waals surface area contributed by atoms with Gasteiger partial charge in [-0.25, -0.2) is 13.9 Å². The second-order valence-corrected chi connectivity index (χ2v) is 9.72. The van der Waals surface area contributed by atoms with Crippen molar-refractivity contribution in [3.63, 3.8) is 0 Å². The highest BCUT2D eigenvalue weighted by Crippen LogP contribution is 2.34. The first-order valence-corrected chi connectivity index (χ1v) is 11.2.